The minimum absolute atomic E-state index is 0. The van der Waals surface area contributed by atoms with E-state index in [0.717, 1.165) is 78.2 Å². The first kappa shape index (κ1) is 41.0. The van der Waals surface area contributed by atoms with Crippen LogP contribution in [-0.4, -0.2) is 9.55 Å². The summed E-state index contributed by atoms with van der Waals surface area (Å²) in [5, 5.41) is 2.23. The predicted octanol–water partition coefficient (Wildman–Crippen LogP) is 14.9. The smallest absolute Gasteiger partial charge is 0.135 e. The molecule has 5 nitrogen and oxygen atoms in total. The molecular weight excluding hydrogens is 940 g/mol. The monoisotopic (exact) mass is 986 g/mol. The van der Waals surface area contributed by atoms with Crippen molar-refractivity contribution in [2.75, 3.05) is 9.80 Å². The molecule has 2 aromatic heterocycles. The van der Waals surface area contributed by atoms with Gasteiger partial charge in [0.05, 0.1) is 0 Å². The molecule has 3 heterocycles. The second-order valence-corrected chi connectivity index (χ2v) is 17.8. The molecule has 1 aliphatic rings. The number of anilines is 4. The summed E-state index contributed by atoms with van der Waals surface area (Å²) in [6.07, 6.45) is 1.91. The van der Waals surface area contributed by atoms with Crippen LogP contribution in [0.3, 0.4) is 0 Å². The summed E-state index contributed by atoms with van der Waals surface area (Å²) < 4.78 is 9.05. The summed E-state index contributed by atoms with van der Waals surface area (Å²) >= 11 is 0. The van der Waals surface area contributed by atoms with E-state index in [1.165, 1.54) is 5.56 Å². The first-order chi connectivity index (χ1) is 29.5. The number of rotatable bonds is 7. The fourth-order valence-corrected chi connectivity index (χ4v) is 8.43. The van der Waals surface area contributed by atoms with Gasteiger partial charge in [-0.05, 0) is 63.2 Å². The standard InChI is InChI=1S/C56H47N4O.Pt/c1-55(2,3)40-30-31-57-53(34-40)60-49-25-14-13-22-47(49)48-29-28-43(36-52(48)60)61-44-33-41(56(4,5)6)32-42(35-44)58-37-59(51-27-16-15-26-50(51)58)54-45(38-18-9-7-10-19-38)23-17-24-46(54)39-20-11-8-12-21-39;/h7-34,37H,1-6H3;/q-3;. The molecule has 62 heavy (non-hydrogen) atoms. The van der Waals surface area contributed by atoms with E-state index < -0.39 is 0 Å². The predicted molar refractivity (Wildman–Crippen MR) is 252 cm³/mol. The van der Waals surface area contributed by atoms with Gasteiger partial charge in [-0.1, -0.05) is 156 Å². The average molecular weight is 987 g/mol. The topological polar surface area (TPSA) is 33.5 Å². The van der Waals surface area contributed by atoms with Crippen molar-refractivity contribution in [2.24, 2.45) is 0 Å². The van der Waals surface area contributed by atoms with Crippen LogP contribution in [0, 0.1) is 18.8 Å². The summed E-state index contributed by atoms with van der Waals surface area (Å²) in [5.41, 5.74) is 12.9. The average Bonchev–Trinajstić information content (AvgIpc) is 3.82. The van der Waals surface area contributed by atoms with Crippen molar-refractivity contribution < 1.29 is 25.8 Å². The normalized spacial score (nSPS) is 12.7. The van der Waals surface area contributed by atoms with Crippen LogP contribution in [-0.2, 0) is 31.9 Å². The second kappa shape index (κ2) is 16.1. The molecule has 9 aromatic rings. The molecule has 6 heteroatoms. The maximum absolute atomic E-state index is 6.84. The molecule has 0 amide bonds. The van der Waals surface area contributed by atoms with Crippen LogP contribution >= 0.6 is 0 Å². The van der Waals surface area contributed by atoms with E-state index in [0.29, 0.717) is 11.5 Å². The molecule has 0 N–H and O–H groups in total. The SMILES string of the molecule is CC(C)(C)c1cc(Oc2[c-]c3c(cc2)c2ccccc2n3-c2cc(C(C)(C)C)ccn2)[c-]c(N2[CH-]N(c3c(-c4ccccc4)cccc3-c3ccccc3)c3ccccc32)c1.[Pt]. The number of ether oxygens (including phenoxy) is 1. The van der Waals surface area contributed by atoms with Crippen molar-refractivity contribution >= 4 is 44.6 Å². The first-order valence-corrected chi connectivity index (χ1v) is 21.0. The van der Waals surface area contributed by atoms with Crippen LogP contribution in [0.1, 0.15) is 52.7 Å². The molecule has 310 valence electrons. The van der Waals surface area contributed by atoms with Gasteiger partial charge < -0.3 is 19.1 Å². The number of nitrogens with zero attached hydrogens (tertiary/aromatic N) is 4. The van der Waals surface area contributed by atoms with E-state index in [9.17, 15) is 0 Å². The van der Waals surface area contributed by atoms with Gasteiger partial charge in [0, 0.05) is 72.5 Å². The zero-order valence-electron chi connectivity index (χ0n) is 35.8. The Kier molecular flexibility index (Phi) is 10.7. The quantitative estimate of drug-likeness (QED) is 0.149. The molecule has 0 atom stereocenters. The molecule has 0 bridgehead atoms. The summed E-state index contributed by atoms with van der Waals surface area (Å²) in [4.78, 5) is 9.46. The fraction of sp³-hybridized carbons (Fsp3) is 0.143. The molecule has 0 saturated heterocycles. The van der Waals surface area contributed by atoms with Gasteiger partial charge in [-0.15, -0.1) is 53.6 Å². The molecule has 0 fully saturated rings. The molecule has 0 radical (unpaired) electrons. The Labute approximate surface area is 379 Å². The Balaban J connectivity index is 0.00000490. The zero-order chi connectivity index (χ0) is 41.9. The number of fused-ring (bicyclic) bond motifs is 4. The molecule has 10 rings (SSSR count). The molecule has 0 unspecified atom stereocenters. The third-order valence-electron chi connectivity index (χ3n) is 11.7. The summed E-state index contributed by atoms with van der Waals surface area (Å²) in [6.45, 7) is 15.6. The Bertz CT molecular complexity index is 3010. The maximum atomic E-state index is 6.84. The van der Waals surface area contributed by atoms with Crippen molar-refractivity contribution in [3.05, 3.63) is 200 Å². The van der Waals surface area contributed by atoms with Gasteiger partial charge in [0.15, 0.2) is 0 Å². The van der Waals surface area contributed by atoms with E-state index in [1.54, 1.807) is 0 Å². The number of para-hydroxylation sites is 4. The van der Waals surface area contributed by atoms with E-state index >= 15 is 0 Å². The molecule has 0 spiro atoms. The molecule has 0 saturated carbocycles. The fourth-order valence-electron chi connectivity index (χ4n) is 8.43. The zero-order valence-corrected chi connectivity index (χ0v) is 38.0. The minimum Gasteiger partial charge on any atom is -0.509 e. The van der Waals surface area contributed by atoms with Gasteiger partial charge in [0.1, 0.15) is 5.82 Å². The van der Waals surface area contributed by atoms with E-state index in [-0.39, 0.29) is 31.9 Å². The Morgan fingerprint density at radius 2 is 1.15 bits per heavy atom. The van der Waals surface area contributed by atoms with Crippen LogP contribution in [0.2, 0.25) is 0 Å². The van der Waals surface area contributed by atoms with Crippen molar-refractivity contribution in [2.45, 2.75) is 52.4 Å². The van der Waals surface area contributed by atoms with Crippen molar-refractivity contribution in [1.82, 2.24) is 9.55 Å². The number of hydrogen-bond donors (Lipinski definition) is 0. The molecule has 0 aliphatic carbocycles. The van der Waals surface area contributed by atoms with Gasteiger partial charge in [-0.2, -0.15) is 6.07 Å². The Hall–Kier alpha value is -6.42. The van der Waals surface area contributed by atoms with Gasteiger partial charge in [0.25, 0.3) is 0 Å². The van der Waals surface area contributed by atoms with E-state index in [4.69, 9.17) is 9.72 Å². The second-order valence-electron chi connectivity index (χ2n) is 17.8. The van der Waals surface area contributed by atoms with Crippen LogP contribution in [0.15, 0.2) is 170 Å². The maximum Gasteiger partial charge on any atom is 0.135 e. The molecular formula is C56H47N4OPt-3. The Morgan fingerprint density at radius 3 is 1.81 bits per heavy atom. The summed E-state index contributed by atoms with van der Waals surface area (Å²) in [7, 11) is 0. The van der Waals surface area contributed by atoms with Gasteiger partial charge >= 0.3 is 0 Å². The first-order valence-electron chi connectivity index (χ1n) is 21.0. The van der Waals surface area contributed by atoms with Crippen LogP contribution in [0.4, 0.5) is 22.7 Å². The third-order valence-corrected chi connectivity index (χ3v) is 11.7. The van der Waals surface area contributed by atoms with Crippen LogP contribution in [0.25, 0.3) is 49.9 Å². The van der Waals surface area contributed by atoms with Gasteiger partial charge in [0.2, 0.25) is 0 Å². The Morgan fingerprint density at radius 1 is 0.532 bits per heavy atom. The van der Waals surface area contributed by atoms with E-state index in [1.807, 2.05) is 12.3 Å². The van der Waals surface area contributed by atoms with E-state index in [2.05, 4.69) is 232 Å². The van der Waals surface area contributed by atoms with Gasteiger partial charge in [-0.3, -0.25) is 0 Å². The van der Waals surface area contributed by atoms with Crippen molar-refractivity contribution in [3.8, 4) is 39.6 Å². The number of benzene rings is 7. The van der Waals surface area contributed by atoms with Crippen LogP contribution in [0.5, 0.6) is 11.5 Å². The third kappa shape index (κ3) is 7.49. The van der Waals surface area contributed by atoms with Crippen molar-refractivity contribution in [3.63, 3.8) is 0 Å². The summed E-state index contributed by atoms with van der Waals surface area (Å²) in [5.74, 6) is 2.08. The summed E-state index contributed by atoms with van der Waals surface area (Å²) in [6, 6.07) is 65.1. The van der Waals surface area contributed by atoms with Gasteiger partial charge in [-0.25, -0.2) is 4.98 Å². The number of aromatic nitrogens is 2. The van der Waals surface area contributed by atoms with Crippen LogP contribution < -0.4 is 14.5 Å². The molecule has 7 aromatic carbocycles. The number of pyridine rings is 1. The van der Waals surface area contributed by atoms with Crippen molar-refractivity contribution in [1.29, 1.82) is 0 Å². The molecule has 1 aliphatic heterocycles. The number of hydrogen-bond acceptors (Lipinski definition) is 4. The largest absolute Gasteiger partial charge is 0.509 e. The minimum atomic E-state index is -0.175.